The number of fused-ring (bicyclic) bond motifs is 1. The maximum Gasteiger partial charge on any atom is 0.168 e. The molecule has 0 fully saturated rings. The monoisotopic (exact) mass is 306 g/mol. The third-order valence-corrected chi connectivity index (χ3v) is 3.49. The van der Waals surface area contributed by atoms with E-state index in [4.69, 9.17) is 4.74 Å². The molecule has 1 aromatic heterocycles. The van der Waals surface area contributed by atoms with Crippen molar-refractivity contribution >= 4 is 22.2 Å². The summed E-state index contributed by atoms with van der Waals surface area (Å²) >= 11 is 3.51. The van der Waals surface area contributed by atoms with Crippen molar-refractivity contribution in [3.8, 4) is 5.75 Å². The summed E-state index contributed by atoms with van der Waals surface area (Å²) in [6, 6.07) is 4.11. The molecule has 2 heterocycles. The lowest BCUT2D eigenvalue weighted by Crippen LogP contribution is -2.04. The minimum atomic E-state index is 0.571. The number of benzene rings is 1. The van der Waals surface area contributed by atoms with Crippen molar-refractivity contribution in [3.63, 3.8) is 0 Å². The number of aromatic nitrogens is 2. The quantitative estimate of drug-likeness (QED) is 0.818. The average molecular weight is 307 g/mol. The van der Waals surface area contributed by atoms with Crippen molar-refractivity contribution in [3.05, 3.63) is 46.0 Å². The number of aldehydes is 1. The molecule has 3 rings (SSSR count). The largest absolute Gasteiger partial charge is 0.493 e. The summed E-state index contributed by atoms with van der Waals surface area (Å²) in [5.41, 5.74) is 2.85. The van der Waals surface area contributed by atoms with E-state index >= 15 is 0 Å². The molecule has 0 bridgehead atoms. The summed E-state index contributed by atoms with van der Waals surface area (Å²) in [5, 5.41) is 0. The van der Waals surface area contributed by atoms with E-state index < -0.39 is 0 Å². The summed E-state index contributed by atoms with van der Waals surface area (Å²) in [6.07, 6.45) is 4.97. The number of ether oxygens (including phenoxy) is 1. The molecule has 0 radical (unpaired) electrons. The Morgan fingerprint density at radius 3 is 3.22 bits per heavy atom. The first-order valence-electron chi connectivity index (χ1n) is 5.67. The van der Waals surface area contributed by atoms with Crippen LogP contribution in [0.25, 0.3) is 0 Å². The van der Waals surface area contributed by atoms with E-state index in [-0.39, 0.29) is 0 Å². The molecule has 1 aromatic carbocycles. The number of hydrogen-bond donors (Lipinski definition) is 0. The second-order valence-corrected chi connectivity index (χ2v) is 5.13. The molecule has 2 aromatic rings. The van der Waals surface area contributed by atoms with E-state index in [1.807, 2.05) is 10.6 Å². The second kappa shape index (κ2) is 4.57. The van der Waals surface area contributed by atoms with Gasteiger partial charge in [0, 0.05) is 16.5 Å². The third kappa shape index (κ3) is 1.95. The summed E-state index contributed by atoms with van der Waals surface area (Å²) in [4.78, 5) is 14.9. The number of rotatable bonds is 3. The predicted molar refractivity (Wildman–Crippen MR) is 70.1 cm³/mol. The van der Waals surface area contributed by atoms with E-state index in [1.54, 1.807) is 12.5 Å². The Labute approximate surface area is 113 Å². The Bertz CT molecular complexity index is 607. The molecule has 18 heavy (non-hydrogen) atoms. The Hall–Kier alpha value is -1.62. The van der Waals surface area contributed by atoms with E-state index in [1.165, 1.54) is 5.56 Å². The molecule has 0 saturated heterocycles. The predicted octanol–water partition coefficient (Wildman–Crippen LogP) is 2.44. The van der Waals surface area contributed by atoms with Gasteiger partial charge >= 0.3 is 0 Å². The molecule has 4 nitrogen and oxygen atoms in total. The fraction of sp³-hybridized carbons (Fsp3) is 0.231. The number of carbonyl (C=O) groups is 1. The van der Waals surface area contributed by atoms with Crippen LogP contribution in [0.3, 0.4) is 0 Å². The summed E-state index contributed by atoms with van der Waals surface area (Å²) in [6.45, 7) is 1.32. The van der Waals surface area contributed by atoms with Gasteiger partial charge in [0.15, 0.2) is 6.29 Å². The molecule has 5 heteroatoms. The highest BCUT2D eigenvalue weighted by molar-refractivity contribution is 9.10. The molecule has 0 amide bonds. The molecule has 1 aliphatic heterocycles. The van der Waals surface area contributed by atoms with Crippen molar-refractivity contribution < 1.29 is 9.53 Å². The van der Waals surface area contributed by atoms with Crippen LogP contribution in [0.2, 0.25) is 0 Å². The SMILES string of the molecule is O=Cc1cncn1Cc1cc(Br)cc2c1OCC2. The number of halogens is 1. The molecule has 1 aliphatic rings. The topological polar surface area (TPSA) is 44.1 Å². The minimum Gasteiger partial charge on any atom is -0.493 e. The molecular weight excluding hydrogens is 296 g/mol. The van der Waals surface area contributed by atoms with E-state index in [0.717, 1.165) is 35.1 Å². The fourth-order valence-corrected chi connectivity index (χ4v) is 2.76. The van der Waals surface area contributed by atoms with Gasteiger partial charge in [-0.2, -0.15) is 0 Å². The first-order valence-corrected chi connectivity index (χ1v) is 6.46. The maximum absolute atomic E-state index is 10.9. The van der Waals surface area contributed by atoms with Gasteiger partial charge in [-0.3, -0.25) is 4.79 Å². The average Bonchev–Trinajstić information content (AvgIpc) is 2.96. The zero-order chi connectivity index (χ0) is 12.5. The van der Waals surface area contributed by atoms with Crippen LogP contribution in [0.15, 0.2) is 29.1 Å². The third-order valence-electron chi connectivity index (χ3n) is 3.03. The van der Waals surface area contributed by atoms with Crippen LogP contribution in [0.5, 0.6) is 5.75 Å². The smallest absolute Gasteiger partial charge is 0.168 e. The van der Waals surface area contributed by atoms with Gasteiger partial charge in [0.2, 0.25) is 0 Å². The molecule has 0 saturated carbocycles. The zero-order valence-electron chi connectivity index (χ0n) is 9.60. The highest BCUT2D eigenvalue weighted by Crippen LogP contribution is 2.33. The molecule has 92 valence electrons. The summed E-state index contributed by atoms with van der Waals surface area (Å²) < 4.78 is 8.52. The Balaban J connectivity index is 2.00. The lowest BCUT2D eigenvalue weighted by molar-refractivity contribution is 0.111. The maximum atomic E-state index is 10.9. The van der Waals surface area contributed by atoms with Crippen molar-refractivity contribution in [2.24, 2.45) is 0 Å². The zero-order valence-corrected chi connectivity index (χ0v) is 11.2. The summed E-state index contributed by atoms with van der Waals surface area (Å²) in [7, 11) is 0. The fourth-order valence-electron chi connectivity index (χ4n) is 2.21. The number of imidazole rings is 1. The minimum absolute atomic E-state index is 0.571. The molecule has 0 aliphatic carbocycles. The van der Waals surface area contributed by atoms with Gasteiger partial charge in [0.25, 0.3) is 0 Å². The normalized spacial score (nSPS) is 13.2. The standard InChI is InChI=1S/C13H11BrN2O2/c14-11-3-9-1-2-18-13(9)10(4-11)6-16-8-15-5-12(16)7-17/h3-5,7-8H,1-2,6H2. The Kier molecular flexibility index (Phi) is 2.91. The molecular formula is C13H11BrN2O2. The number of hydrogen-bond acceptors (Lipinski definition) is 3. The first-order chi connectivity index (χ1) is 8.78. The van der Waals surface area contributed by atoms with Crippen LogP contribution in [-0.4, -0.2) is 22.4 Å². The van der Waals surface area contributed by atoms with Crippen LogP contribution >= 0.6 is 15.9 Å². The van der Waals surface area contributed by atoms with Crippen molar-refractivity contribution in [2.45, 2.75) is 13.0 Å². The van der Waals surface area contributed by atoms with E-state index in [9.17, 15) is 4.79 Å². The Morgan fingerprint density at radius 1 is 1.50 bits per heavy atom. The first kappa shape index (κ1) is 11.5. The molecule has 0 atom stereocenters. The van der Waals surface area contributed by atoms with Gasteiger partial charge in [-0.1, -0.05) is 15.9 Å². The van der Waals surface area contributed by atoms with Crippen LogP contribution < -0.4 is 4.74 Å². The Morgan fingerprint density at radius 2 is 2.39 bits per heavy atom. The van der Waals surface area contributed by atoms with Gasteiger partial charge in [-0.15, -0.1) is 0 Å². The van der Waals surface area contributed by atoms with Gasteiger partial charge in [-0.25, -0.2) is 4.98 Å². The second-order valence-electron chi connectivity index (χ2n) is 4.22. The van der Waals surface area contributed by atoms with Gasteiger partial charge < -0.3 is 9.30 Å². The highest BCUT2D eigenvalue weighted by Gasteiger charge is 2.18. The highest BCUT2D eigenvalue weighted by atomic mass is 79.9. The lowest BCUT2D eigenvalue weighted by Gasteiger charge is -2.10. The lowest BCUT2D eigenvalue weighted by atomic mass is 10.1. The van der Waals surface area contributed by atoms with Crippen molar-refractivity contribution in [1.82, 2.24) is 9.55 Å². The molecule has 0 unspecified atom stereocenters. The van der Waals surface area contributed by atoms with Gasteiger partial charge in [-0.05, 0) is 17.7 Å². The van der Waals surface area contributed by atoms with Crippen LogP contribution in [-0.2, 0) is 13.0 Å². The van der Waals surface area contributed by atoms with E-state index in [0.29, 0.717) is 12.2 Å². The number of carbonyl (C=O) groups excluding carboxylic acids is 1. The molecule has 0 N–H and O–H groups in total. The van der Waals surface area contributed by atoms with Crippen LogP contribution in [0.1, 0.15) is 21.6 Å². The molecule has 0 spiro atoms. The van der Waals surface area contributed by atoms with Gasteiger partial charge in [0.05, 0.1) is 25.7 Å². The number of nitrogens with zero attached hydrogens (tertiary/aromatic N) is 2. The summed E-state index contributed by atoms with van der Waals surface area (Å²) in [5.74, 6) is 0.948. The van der Waals surface area contributed by atoms with Crippen molar-refractivity contribution in [1.29, 1.82) is 0 Å². The van der Waals surface area contributed by atoms with Crippen LogP contribution in [0, 0.1) is 0 Å². The van der Waals surface area contributed by atoms with Crippen LogP contribution in [0.4, 0.5) is 0 Å². The van der Waals surface area contributed by atoms with E-state index in [2.05, 4.69) is 27.0 Å². The van der Waals surface area contributed by atoms with Crippen molar-refractivity contribution in [2.75, 3.05) is 6.61 Å². The van der Waals surface area contributed by atoms with Gasteiger partial charge in [0.1, 0.15) is 11.4 Å².